The second-order valence-corrected chi connectivity index (χ2v) is 10.1. The number of carbonyl (C=O) groups excluding carboxylic acids is 1. The summed E-state index contributed by atoms with van der Waals surface area (Å²) in [5.41, 5.74) is 1.27. The number of sulfonamides is 1. The number of carbonyl (C=O) groups is 1. The molecule has 6 nitrogen and oxygen atoms in total. The summed E-state index contributed by atoms with van der Waals surface area (Å²) in [6, 6.07) is 14.0. The SMILES string of the molecule is COc1ccc(/C=C/C(=O)NC(c2ccc(F)cc2)c2cccs2)cc1S(=O)(=O)N(C)C. The molecular weight excluding hydrogens is 451 g/mol. The van der Waals surface area contributed by atoms with Crippen LogP contribution in [-0.4, -0.2) is 39.8 Å². The lowest BCUT2D eigenvalue weighted by Gasteiger charge is -2.17. The van der Waals surface area contributed by atoms with E-state index in [-0.39, 0.29) is 22.4 Å². The lowest BCUT2D eigenvalue weighted by molar-refractivity contribution is -0.116. The van der Waals surface area contributed by atoms with Gasteiger partial charge in [-0.15, -0.1) is 11.3 Å². The van der Waals surface area contributed by atoms with Crippen LogP contribution in [0, 0.1) is 5.82 Å². The Kier molecular flexibility index (Phi) is 7.44. The molecule has 0 aliphatic carbocycles. The molecular formula is C23H23FN2O4S2. The Morgan fingerprint density at radius 1 is 1.16 bits per heavy atom. The van der Waals surface area contributed by atoms with Crippen molar-refractivity contribution in [2.24, 2.45) is 0 Å². The number of rotatable bonds is 8. The minimum Gasteiger partial charge on any atom is -0.495 e. The molecule has 0 aliphatic rings. The van der Waals surface area contributed by atoms with E-state index in [1.807, 2.05) is 17.5 Å². The molecule has 32 heavy (non-hydrogen) atoms. The molecule has 0 fully saturated rings. The number of nitrogens with one attached hydrogen (secondary N) is 1. The van der Waals surface area contributed by atoms with Crippen LogP contribution in [0.2, 0.25) is 0 Å². The molecule has 9 heteroatoms. The van der Waals surface area contributed by atoms with Gasteiger partial charge in [-0.05, 0) is 52.9 Å². The van der Waals surface area contributed by atoms with Crippen molar-refractivity contribution in [2.45, 2.75) is 10.9 Å². The Labute approximate surface area is 191 Å². The molecule has 1 N–H and O–H groups in total. The molecule has 0 aliphatic heterocycles. The average molecular weight is 475 g/mol. The highest BCUT2D eigenvalue weighted by Crippen LogP contribution is 2.28. The number of ether oxygens (including phenoxy) is 1. The maximum atomic E-state index is 13.3. The molecule has 3 aromatic rings. The molecule has 3 rings (SSSR count). The number of halogens is 1. The van der Waals surface area contributed by atoms with E-state index in [4.69, 9.17) is 4.74 Å². The van der Waals surface area contributed by atoms with Gasteiger partial charge in [0.25, 0.3) is 0 Å². The van der Waals surface area contributed by atoms with Crippen LogP contribution in [0.25, 0.3) is 6.08 Å². The van der Waals surface area contributed by atoms with Gasteiger partial charge in [0.1, 0.15) is 16.5 Å². The minimum absolute atomic E-state index is 0.00957. The van der Waals surface area contributed by atoms with Crippen molar-refractivity contribution in [3.63, 3.8) is 0 Å². The number of methoxy groups -OCH3 is 1. The summed E-state index contributed by atoms with van der Waals surface area (Å²) >= 11 is 1.48. The first-order valence-corrected chi connectivity index (χ1v) is 11.9. The summed E-state index contributed by atoms with van der Waals surface area (Å²) in [7, 11) is 0.543. The lowest BCUT2D eigenvalue weighted by atomic mass is 10.1. The van der Waals surface area contributed by atoms with Crippen molar-refractivity contribution < 1.29 is 22.3 Å². The van der Waals surface area contributed by atoms with Crippen molar-refractivity contribution in [3.8, 4) is 5.75 Å². The Morgan fingerprint density at radius 2 is 1.88 bits per heavy atom. The number of hydrogen-bond donors (Lipinski definition) is 1. The number of hydrogen-bond acceptors (Lipinski definition) is 5. The van der Waals surface area contributed by atoms with Gasteiger partial charge < -0.3 is 10.1 Å². The Morgan fingerprint density at radius 3 is 2.47 bits per heavy atom. The van der Waals surface area contributed by atoms with Gasteiger partial charge in [0.2, 0.25) is 15.9 Å². The molecule has 1 unspecified atom stereocenters. The summed E-state index contributed by atoms with van der Waals surface area (Å²) in [5.74, 6) is -0.511. The summed E-state index contributed by atoms with van der Waals surface area (Å²) in [6.45, 7) is 0. The molecule has 168 valence electrons. The Balaban J connectivity index is 1.84. The topological polar surface area (TPSA) is 75.7 Å². The smallest absolute Gasteiger partial charge is 0.246 e. The molecule has 0 spiro atoms. The minimum atomic E-state index is -3.72. The summed E-state index contributed by atoms with van der Waals surface area (Å²) in [4.78, 5) is 13.6. The van der Waals surface area contributed by atoms with E-state index < -0.39 is 16.1 Å². The van der Waals surface area contributed by atoms with E-state index in [0.717, 1.165) is 14.7 Å². The number of nitrogens with zero attached hydrogens (tertiary/aromatic N) is 1. The second-order valence-electron chi connectivity index (χ2n) is 7.04. The molecule has 1 aromatic heterocycles. The number of thiophene rings is 1. The first-order valence-electron chi connectivity index (χ1n) is 9.60. The van der Waals surface area contributed by atoms with Gasteiger partial charge >= 0.3 is 0 Å². The molecule has 2 aromatic carbocycles. The number of amides is 1. The van der Waals surface area contributed by atoms with E-state index in [0.29, 0.717) is 5.56 Å². The van der Waals surface area contributed by atoms with Crippen LogP contribution in [0.5, 0.6) is 5.75 Å². The van der Waals surface area contributed by atoms with Crippen molar-refractivity contribution in [1.82, 2.24) is 9.62 Å². The van der Waals surface area contributed by atoms with Crippen LogP contribution >= 0.6 is 11.3 Å². The van der Waals surface area contributed by atoms with E-state index in [1.54, 1.807) is 24.3 Å². The predicted molar refractivity (Wildman–Crippen MR) is 124 cm³/mol. The first kappa shape index (κ1) is 23.6. The predicted octanol–water partition coefficient (Wildman–Crippen LogP) is 4.07. The zero-order chi connectivity index (χ0) is 23.3. The van der Waals surface area contributed by atoms with Crippen molar-refractivity contribution in [1.29, 1.82) is 0 Å². The summed E-state index contributed by atoms with van der Waals surface area (Å²) in [6.07, 6.45) is 2.86. The summed E-state index contributed by atoms with van der Waals surface area (Å²) in [5, 5.41) is 4.82. The fourth-order valence-electron chi connectivity index (χ4n) is 2.99. The maximum Gasteiger partial charge on any atom is 0.246 e. The van der Waals surface area contributed by atoms with E-state index >= 15 is 0 Å². The largest absolute Gasteiger partial charge is 0.495 e. The van der Waals surface area contributed by atoms with E-state index in [9.17, 15) is 17.6 Å². The normalized spacial score (nSPS) is 12.8. The highest BCUT2D eigenvalue weighted by atomic mass is 32.2. The monoisotopic (exact) mass is 474 g/mol. The summed E-state index contributed by atoms with van der Waals surface area (Å²) < 4.78 is 44.8. The van der Waals surface area contributed by atoms with Gasteiger partial charge in [-0.3, -0.25) is 4.79 Å². The highest BCUT2D eigenvalue weighted by Gasteiger charge is 2.22. The molecule has 0 radical (unpaired) electrons. The molecule has 1 atom stereocenters. The molecule has 0 saturated carbocycles. The van der Waals surface area contributed by atoms with Crippen LogP contribution in [0.1, 0.15) is 22.0 Å². The lowest BCUT2D eigenvalue weighted by Crippen LogP contribution is -2.27. The third-order valence-electron chi connectivity index (χ3n) is 4.69. The van der Waals surface area contributed by atoms with Gasteiger partial charge in [-0.1, -0.05) is 24.3 Å². The van der Waals surface area contributed by atoms with Crippen molar-refractivity contribution in [2.75, 3.05) is 21.2 Å². The Bertz CT molecular complexity index is 1210. The third kappa shape index (κ3) is 5.42. The third-order valence-corrected chi connectivity index (χ3v) is 7.46. The molecule has 1 heterocycles. The zero-order valence-corrected chi connectivity index (χ0v) is 19.4. The van der Waals surface area contributed by atoms with Crippen LogP contribution < -0.4 is 10.1 Å². The first-order chi connectivity index (χ1) is 15.2. The van der Waals surface area contributed by atoms with Crippen molar-refractivity contribution in [3.05, 3.63) is 87.9 Å². The highest BCUT2D eigenvalue weighted by molar-refractivity contribution is 7.89. The van der Waals surface area contributed by atoms with Crippen LogP contribution in [0.15, 0.2) is 70.9 Å². The zero-order valence-electron chi connectivity index (χ0n) is 17.8. The van der Waals surface area contributed by atoms with Crippen LogP contribution in [0.4, 0.5) is 4.39 Å². The van der Waals surface area contributed by atoms with Gasteiger partial charge in [-0.2, -0.15) is 0 Å². The number of benzene rings is 2. The average Bonchev–Trinajstić information content (AvgIpc) is 3.31. The van der Waals surface area contributed by atoms with Crippen molar-refractivity contribution >= 4 is 33.3 Å². The second kappa shape index (κ2) is 10.1. The fourth-order valence-corrected chi connectivity index (χ4v) is 4.87. The van der Waals surface area contributed by atoms with Gasteiger partial charge in [-0.25, -0.2) is 17.1 Å². The maximum absolute atomic E-state index is 13.3. The molecule has 0 bridgehead atoms. The molecule has 0 saturated heterocycles. The quantitative estimate of drug-likeness (QED) is 0.500. The van der Waals surface area contributed by atoms with Gasteiger partial charge in [0.15, 0.2) is 0 Å². The standard InChI is InChI=1S/C23H23FN2O4S2/c1-26(2)32(28,29)21-15-16(6-12-19(21)30-3)7-13-22(27)25-23(20-5-4-14-31-20)17-8-10-18(24)11-9-17/h4-15,23H,1-3H3,(H,25,27)/b13-7+. The fraction of sp³-hybridized carbons (Fsp3) is 0.174. The Hall–Kier alpha value is -3.01. The van der Waals surface area contributed by atoms with Gasteiger partial charge in [0.05, 0.1) is 13.2 Å². The van der Waals surface area contributed by atoms with E-state index in [2.05, 4.69) is 5.32 Å². The van der Waals surface area contributed by atoms with Crippen LogP contribution in [-0.2, 0) is 14.8 Å². The van der Waals surface area contributed by atoms with Crippen LogP contribution in [0.3, 0.4) is 0 Å². The molecule has 1 amide bonds. The van der Waals surface area contributed by atoms with Gasteiger partial charge in [0, 0.05) is 25.0 Å². The van der Waals surface area contributed by atoms with E-state index in [1.165, 1.54) is 62.9 Å².